The molecule has 17 heavy (non-hydrogen) atoms. The van der Waals surface area contributed by atoms with Crippen molar-refractivity contribution in [3.05, 3.63) is 12.2 Å². The SMILES string of the molecule is C=C(C)C(=O)OCC[N+](C)(C)N1CCOCC1. The van der Waals surface area contributed by atoms with Gasteiger partial charge in [0, 0.05) is 5.57 Å². The number of morpholine rings is 1. The standard InChI is InChI=1S/C12H23N2O3/c1-11(2)12(15)17-10-7-14(3,4)13-5-8-16-9-6-13/h1,5-10H2,2-4H3/q+1. The molecule has 0 radical (unpaired) electrons. The van der Waals surface area contributed by atoms with Crippen molar-refractivity contribution in [1.82, 2.24) is 5.01 Å². The molecule has 0 aromatic carbocycles. The van der Waals surface area contributed by atoms with Gasteiger partial charge in [0.1, 0.15) is 13.2 Å². The highest BCUT2D eigenvalue weighted by Gasteiger charge is 2.27. The molecule has 0 unspecified atom stereocenters. The average molecular weight is 243 g/mol. The van der Waals surface area contributed by atoms with Crippen LogP contribution in [0.1, 0.15) is 6.92 Å². The fourth-order valence-corrected chi connectivity index (χ4v) is 1.72. The molecule has 0 N–H and O–H groups in total. The normalized spacial score (nSPS) is 17.8. The summed E-state index contributed by atoms with van der Waals surface area (Å²) < 4.78 is 11.2. The molecule has 1 fully saturated rings. The summed E-state index contributed by atoms with van der Waals surface area (Å²) in [6.07, 6.45) is 0. The predicted molar refractivity (Wildman–Crippen MR) is 65.1 cm³/mol. The van der Waals surface area contributed by atoms with E-state index in [4.69, 9.17) is 9.47 Å². The van der Waals surface area contributed by atoms with Crippen LogP contribution in [0.4, 0.5) is 0 Å². The number of nitrogens with zero attached hydrogens (tertiary/aromatic N) is 2. The van der Waals surface area contributed by atoms with Crippen molar-refractivity contribution in [3.63, 3.8) is 0 Å². The highest BCUT2D eigenvalue weighted by atomic mass is 16.5. The van der Waals surface area contributed by atoms with Crippen molar-refractivity contribution in [1.29, 1.82) is 0 Å². The van der Waals surface area contributed by atoms with Crippen molar-refractivity contribution in [2.75, 3.05) is 53.6 Å². The van der Waals surface area contributed by atoms with Crippen molar-refractivity contribution in [3.8, 4) is 0 Å². The third-order valence-electron chi connectivity index (χ3n) is 2.97. The van der Waals surface area contributed by atoms with Gasteiger partial charge < -0.3 is 9.47 Å². The van der Waals surface area contributed by atoms with E-state index >= 15 is 0 Å². The van der Waals surface area contributed by atoms with Crippen LogP contribution in [0.2, 0.25) is 0 Å². The number of hydrogen-bond acceptors (Lipinski definition) is 4. The number of carbonyl (C=O) groups is 1. The zero-order valence-electron chi connectivity index (χ0n) is 11.1. The average Bonchev–Trinajstić information content (AvgIpc) is 2.29. The zero-order valence-corrected chi connectivity index (χ0v) is 11.1. The molecular formula is C12H23N2O3+. The second kappa shape index (κ2) is 6.14. The second-order valence-corrected chi connectivity index (χ2v) is 4.83. The molecule has 0 saturated carbocycles. The Balaban J connectivity index is 2.33. The first kappa shape index (κ1) is 14.2. The maximum atomic E-state index is 11.2. The fraction of sp³-hybridized carbons (Fsp3) is 0.750. The van der Waals surface area contributed by atoms with Crippen LogP contribution in [0.25, 0.3) is 0 Å². The maximum Gasteiger partial charge on any atom is 0.333 e. The van der Waals surface area contributed by atoms with E-state index in [0.29, 0.717) is 16.8 Å². The predicted octanol–water partition coefficient (Wildman–Crippen LogP) is 0.429. The van der Waals surface area contributed by atoms with E-state index in [0.717, 1.165) is 32.8 Å². The Kier molecular flexibility index (Phi) is 5.11. The number of quaternary nitrogens is 1. The molecule has 5 heteroatoms. The molecule has 1 heterocycles. The molecule has 0 atom stereocenters. The quantitative estimate of drug-likeness (QED) is 0.399. The first-order chi connectivity index (χ1) is 7.93. The Morgan fingerprint density at radius 3 is 2.53 bits per heavy atom. The van der Waals surface area contributed by atoms with E-state index in [2.05, 4.69) is 25.7 Å². The summed E-state index contributed by atoms with van der Waals surface area (Å²) >= 11 is 0. The van der Waals surface area contributed by atoms with Crippen LogP contribution < -0.4 is 0 Å². The molecular weight excluding hydrogens is 220 g/mol. The summed E-state index contributed by atoms with van der Waals surface area (Å²) in [5.41, 5.74) is 0.446. The van der Waals surface area contributed by atoms with Gasteiger partial charge in [-0.1, -0.05) is 6.58 Å². The van der Waals surface area contributed by atoms with Crippen molar-refractivity contribution in [2.24, 2.45) is 0 Å². The Labute approximate surface area is 103 Å². The smallest absolute Gasteiger partial charge is 0.333 e. The van der Waals surface area contributed by atoms with Gasteiger partial charge in [0.05, 0.1) is 40.4 Å². The molecule has 0 aromatic rings. The minimum atomic E-state index is -0.313. The molecule has 98 valence electrons. The molecule has 1 saturated heterocycles. The van der Waals surface area contributed by atoms with E-state index in [1.54, 1.807) is 6.92 Å². The Hall–Kier alpha value is -0.910. The van der Waals surface area contributed by atoms with Crippen LogP contribution in [-0.2, 0) is 14.3 Å². The van der Waals surface area contributed by atoms with Crippen molar-refractivity contribution < 1.29 is 18.9 Å². The van der Waals surface area contributed by atoms with Crippen molar-refractivity contribution >= 4 is 5.97 Å². The minimum Gasteiger partial charge on any atom is -0.456 e. The third kappa shape index (κ3) is 4.46. The van der Waals surface area contributed by atoms with Crippen LogP contribution >= 0.6 is 0 Å². The van der Waals surface area contributed by atoms with E-state index in [1.807, 2.05) is 0 Å². The lowest BCUT2D eigenvalue weighted by Crippen LogP contribution is -2.59. The second-order valence-electron chi connectivity index (χ2n) is 4.83. The fourth-order valence-electron chi connectivity index (χ4n) is 1.72. The van der Waals surface area contributed by atoms with E-state index in [1.165, 1.54) is 0 Å². The van der Waals surface area contributed by atoms with Gasteiger partial charge in [-0.2, -0.15) is 5.01 Å². The number of likely N-dealkylation sites (N-methyl/N-ethyl adjacent to an activating group) is 1. The number of hydrogen-bond donors (Lipinski definition) is 0. The van der Waals surface area contributed by atoms with E-state index in [-0.39, 0.29) is 5.97 Å². The molecule has 0 aromatic heterocycles. The first-order valence-corrected chi connectivity index (χ1v) is 5.92. The molecule has 1 rings (SSSR count). The summed E-state index contributed by atoms with van der Waals surface area (Å²) in [6.45, 7) is 9.76. The highest BCUT2D eigenvalue weighted by molar-refractivity contribution is 5.86. The van der Waals surface area contributed by atoms with Gasteiger partial charge in [-0.3, -0.25) is 0 Å². The largest absolute Gasteiger partial charge is 0.456 e. The van der Waals surface area contributed by atoms with E-state index in [9.17, 15) is 4.79 Å². The summed E-state index contributed by atoms with van der Waals surface area (Å²) in [7, 11) is 4.22. The number of carbonyl (C=O) groups excluding carboxylic acids is 1. The molecule has 0 amide bonds. The highest BCUT2D eigenvalue weighted by Crippen LogP contribution is 2.08. The van der Waals surface area contributed by atoms with Gasteiger partial charge in [0.15, 0.2) is 0 Å². The van der Waals surface area contributed by atoms with Gasteiger partial charge in [0.2, 0.25) is 0 Å². The van der Waals surface area contributed by atoms with Gasteiger partial charge in [-0.05, 0) is 6.92 Å². The van der Waals surface area contributed by atoms with E-state index < -0.39 is 0 Å². The van der Waals surface area contributed by atoms with Crippen LogP contribution in [0.3, 0.4) is 0 Å². The molecule has 0 spiro atoms. The molecule has 5 nitrogen and oxygen atoms in total. The molecule has 1 aliphatic heterocycles. The monoisotopic (exact) mass is 243 g/mol. The number of esters is 1. The Bertz CT molecular complexity index is 283. The summed E-state index contributed by atoms with van der Waals surface area (Å²) in [6, 6.07) is 0. The lowest BCUT2D eigenvalue weighted by Gasteiger charge is -2.41. The summed E-state index contributed by atoms with van der Waals surface area (Å²) in [5.74, 6) is -0.313. The van der Waals surface area contributed by atoms with Crippen LogP contribution in [0.5, 0.6) is 0 Å². The van der Waals surface area contributed by atoms with Gasteiger partial charge in [0.25, 0.3) is 0 Å². The Morgan fingerprint density at radius 1 is 1.41 bits per heavy atom. The lowest BCUT2D eigenvalue weighted by molar-refractivity contribution is -1.00. The zero-order chi connectivity index (χ0) is 12.9. The Morgan fingerprint density at radius 2 is 2.00 bits per heavy atom. The van der Waals surface area contributed by atoms with Crippen LogP contribution in [-0.4, -0.2) is 69.1 Å². The van der Waals surface area contributed by atoms with Gasteiger partial charge in [-0.15, -0.1) is 0 Å². The lowest BCUT2D eigenvalue weighted by atomic mass is 10.4. The van der Waals surface area contributed by atoms with Gasteiger partial charge in [-0.25, -0.2) is 9.39 Å². The molecule has 1 aliphatic rings. The topological polar surface area (TPSA) is 38.8 Å². The number of ether oxygens (including phenoxy) is 2. The van der Waals surface area contributed by atoms with Crippen LogP contribution in [0, 0.1) is 0 Å². The maximum absolute atomic E-state index is 11.2. The third-order valence-corrected chi connectivity index (χ3v) is 2.97. The first-order valence-electron chi connectivity index (χ1n) is 5.92. The minimum absolute atomic E-state index is 0.313. The van der Waals surface area contributed by atoms with Gasteiger partial charge >= 0.3 is 5.97 Å². The molecule has 0 aliphatic carbocycles. The van der Waals surface area contributed by atoms with Crippen molar-refractivity contribution in [2.45, 2.75) is 6.92 Å². The molecule has 0 bridgehead atoms. The summed E-state index contributed by atoms with van der Waals surface area (Å²) in [5, 5.41) is 2.32. The summed E-state index contributed by atoms with van der Waals surface area (Å²) in [4.78, 5) is 11.2. The number of rotatable bonds is 5. The van der Waals surface area contributed by atoms with Crippen LogP contribution in [0.15, 0.2) is 12.2 Å².